The summed E-state index contributed by atoms with van der Waals surface area (Å²) in [5.74, 6) is -1.76. The molecule has 0 aliphatic heterocycles. The first-order valence-corrected chi connectivity index (χ1v) is 11.9. The van der Waals surface area contributed by atoms with Crippen LogP contribution >= 0.6 is 11.8 Å². The lowest BCUT2D eigenvalue weighted by Crippen LogP contribution is -2.33. The molecule has 178 valence electrons. The van der Waals surface area contributed by atoms with E-state index < -0.39 is 28.7 Å². The summed E-state index contributed by atoms with van der Waals surface area (Å²) in [6.07, 6.45) is 0.679. The van der Waals surface area contributed by atoms with Crippen molar-refractivity contribution in [3.8, 4) is 0 Å². The number of carbonyl (C=O) groups excluding carboxylic acids is 2. The van der Waals surface area contributed by atoms with Gasteiger partial charge in [0.05, 0.1) is 5.25 Å². The van der Waals surface area contributed by atoms with E-state index in [0.717, 1.165) is 30.5 Å². The molecule has 0 aliphatic rings. The maximum Gasteiger partial charge on any atom is 0.347 e. The first-order valence-electron chi connectivity index (χ1n) is 10.8. The molecule has 0 bridgehead atoms. The van der Waals surface area contributed by atoms with Gasteiger partial charge in [0.25, 0.3) is 0 Å². The molecule has 0 fully saturated rings. The molecule has 0 saturated carbocycles. The van der Waals surface area contributed by atoms with Gasteiger partial charge in [-0.15, -0.1) is 11.8 Å². The standard InChI is InChI=1S/C25H26N2O6S/c1-3-27(4-2)18-10-9-17-11-19(25(32)33-21(17)12-18)22(29)23(34-14-20(26)24(30)31)16-7-5-15(13-28)6-8-16/h5-13,20,23H,3-4,14,26H2,1-2H3,(H,30,31). The summed E-state index contributed by atoms with van der Waals surface area (Å²) < 4.78 is 5.50. The Morgan fingerprint density at radius 3 is 2.38 bits per heavy atom. The largest absolute Gasteiger partial charge is 0.480 e. The zero-order valence-corrected chi connectivity index (χ0v) is 19.7. The molecule has 2 unspecified atom stereocenters. The number of carbonyl (C=O) groups is 3. The van der Waals surface area contributed by atoms with Crippen molar-refractivity contribution < 1.29 is 23.9 Å². The van der Waals surface area contributed by atoms with Crippen molar-refractivity contribution in [2.75, 3.05) is 23.7 Å². The highest BCUT2D eigenvalue weighted by Crippen LogP contribution is 2.33. The van der Waals surface area contributed by atoms with Gasteiger partial charge in [-0.1, -0.05) is 24.3 Å². The number of aliphatic carboxylic acids is 1. The number of hydrogen-bond donors (Lipinski definition) is 2. The molecule has 3 rings (SSSR count). The number of nitrogens with zero attached hydrogens (tertiary/aromatic N) is 1. The molecule has 2 atom stereocenters. The van der Waals surface area contributed by atoms with E-state index >= 15 is 0 Å². The number of aldehydes is 1. The molecule has 0 radical (unpaired) electrons. The third-order valence-electron chi connectivity index (χ3n) is 5.49. The monoisotopic (exact) mass is 482 g/mol. The summed E-state index contributed by atoms with van der Waals surface area (Å²) in [5, 5.41) is 8.82. The van der Waals surface area contributed by atoms with Crippen molar-refractivity contribution in [2.24, 2.45) is 5.73 Å². The van der Waals surface area contributed by atoms with Crippen molar-refractivity contribution >= 4 is 46.5 Å². The van der Waals surface area contributed by atoms with Crippen molar-refractivity contribution in [2.45, 2.75) is 25.1 Å². The fourth-order valence-electron chi connectivity index (χ4n) is 3.54. The molecule has 0 spiro atoms. The molecule has 1 aromatic heterocycles. The molecule has 9 heteroatoms. The van der Waals surface area contributed by atoms with Gasteiger partial charge in [-0.2, -0.15) is 0 Å². The zero-order valence-electron chi connectivity index (χ0n) is 18.9. The second-order valence-electron chi connectivity index (χ2n) is 7.65. The highest BCUT2D eigenvalue weighted by Gasteiger charge is 2.28. The Hall–Kier alpha value is -3.43. The minimum absolute atomic E-state index is 0.0483. The Morgan fingerprint density at radius 2 is 1.79 bits per heavy atom. The fourth-order valence-corrected chi connectivity index (χ4v) is 4.71. The summed E-state index contributed by atoms with van der Waals surface area (Å²) in [4.78, 5) is 50.5. The summed E-state index contributed by atoms with van der Waals surface area (Å²) in [6, 6.07) is 12.1. The SMILES string of the molecule is CCN(CC)c1ccc2cc(C(=O)C(SCC(N)C(=O)O)c3ccc(C=O)cc3)c(=O)oc2c1. The van der Waals surface area contributed by atoms with Gasteiger partial charge in [-0.25, -0.2) is 4.79 Å². The highest BCUT2D eigenvalue weighted by molar-refractivity contribution is 8.00. The van der Waals surface area contributed by atoms with Crippen LogP contribution in [0.15, 0.2) is 57.7 Å². The van der Waals surface area contributed by atoms with Crippen LogP contribution in [0.3, 0.4) is 0 Å². The molecule has 0 saturated heterocycles. The van der Waals surface area contributed by atoms with Crippen LogP contribution in [-0.2, 0) is 4.79 Å². The van der Waals surface area contributed by atoms with Gasteiger partial charge in [0, 0.05) is 41.5 Å². The van der Waals surface area contributed by atoms with Gasteiger partial charge in [-0.05, 0) is 37.6 Å². The first kappa shape index (κ1) is 25.2. The molecule has 2 aromatic carbocycles. The number of fused-ring (bicyclic) bond motifs is 1. The van der Waals surface area contributed by atoms with Crippen LogP contribution in [0.25, 0.3) is 11.0 Å². The van der Waals surface area contributed by atoms with E-state index in [2.05, 4.69) is 4.90 Å². The van der Waals surface area contributed by atoms with Gasteiger partial charge in [0.1, 0.15) is 23.5 Å². The van der Waals surface area contributed by atoms with E-state index in [4.69, 9.17) is 15.3 Å². The van der Waals surface area contributed by atoms with E-state index in [1.54, 1.807) is 36.4 Å². The van der Waals surface area contributed by atoms with Crippen LogP contribution < -0.4 is 16.3 Å². The van der Waals surface area contributed by atoms with Crippen molar-refractivity contribution in [3.05, 3.63) is 75.6 Å². The number of carboxylic acids is 1. The third kappa shape index (κ3) is 5.55. The normalized spacial score (nSPS) is 12.8. The molecule has 3 aromatic rings. The van der Waals surface area contributed by atoms with E-state index in [-0.39, 0.29) is 11.3 Å². The van der Waals surface area contributed by atoms with Crippen LogP contribution in [0.1, 0.15) is 45.4 Å². The summed E-state index contributed by atoms with van der Waals surface area (Å²) in [5.41, 5.74) is 6.96. The average Bonchev–Trinajstić information content (AvgIpc) is 2.84. The van der Waals surface area contributed by atoms with E-state index in [1.807, 2.05) is 19.9 Å². The quantitative estimate of drug-likeness (QED) is 0.239. The smallest absolute Gasteiger partial charge is 0.347 e. The average molecular weight is 483 g/mol. The predicted octanol–water partition coefficient (Wildman–Crippen LogP) is 3.52. The highest BCUT2D eigenvalue weighted by atomic mass is 32.2. The van der Waals surface area contributed by atoms with Crippen LogP contribution in [0.5, 0.6) is 0 Å². The molecule has 8 nitrogen and oxygen atoms in total. The maximum atomic E-state index is 13.5. The van der Waals surface area contributed by atoms with Crippen molar-refractivity contribution in [1.82, 2.24) is 0 Å². The van der Waals surface area contributed by atoms with Gasteiger partial charge >= 0.3 is 11.6 Å². The minimum atomic E-state index is -1.19. The van der Waals surface area contributed by atoms with E-state index in [1.165, 1.54) is 6.07 Å². The van der Waals surface area contributed by atoms with Gasteiger partial charge in [-0.3, -0.25) is 14.4 Å². The van der Waals surface area contributed by atoms with Gasteiger partial charge in [0.15, 0.2) is 5.78 Å². The summed E-state index contributed by atoms with van der Waals surface area (Å²) in [6.45, 7) is 5.65. The lowest BCUT2D eigenvalue weighted by Gasteiger charge is -2.21. The third-order valence-corrected chi connectivity index (χ3v) is 6.86. The number of Topliss-reactive ketones (excluding diaryl/α,β-unsaturated/α-hetero) is 1. The van der Waals surface area contributed by atoms with Crippen molar-refractivity contribution in [3.63, 3.8) is 0 Å². The lowest BCUT2D eigenvalue weighted by molar-refractivity contribution is -0.137. The van der Waals surface area contributed by atoms with Crippen LogP contribution in [0.4, 0.5) is 5.69 Å². The molecular weight excluding hydrogens is 456 g/mol. The number of nitrogens with two attached hydrogens (primary N) is 1. The minimum Gasteiger partial charge on any atom is -0.480 e. The van der Waals surface area contributed by atoms with Gasteiger partial charge < -0.3 is 20.2 Å². The number of anilines is 1. The Bertz CT molecular complexity index is 1250. The van der Waals surface area contributed by atoms with Crippen molar-refractivity contribution in [1.29, 1.82) is 0 Å². The first-order chi connectivity index (χ1) is 16.3. The second kappa shape index (κ2) is 11.1. The molecule has 0 amide bonds. The number of rotatable bonds is 11. The van der Waals surface area contributed by atoms with Crippen LogP contribution in [-0.4, -0.2) is 48.0 Å². The molecule has 3 N–H and O–H groups in total. The zero-order chi connectivity index (χ0) is 24.8. The Balaban J connectivity index is 2.01. The summed E-state index contributed by atoms with van der Waals surface area (Å²) >= 11 is 1.02. The van der Waals surface area contributed by atoms with Crippen LogP contribution in [0, 0.1) is 0 Å². The number of carboxylic acid groups (broad SMARTS) is 1. The van der Waals surface area contributed by atoms with E-state index in [0.29, 0.717) is 28.4 Å². The number of hydrogen-bond acceptors (Lipinski definition) is 8. The molecule has 34 heavy (non-hydrogen) atoms. The number of benzene rings is 2. The van der Waals surface area contributed by atoms with Gasteiger partial charge in [0.2, 0.25) is 0 Å². The maximum absolute atomic E-state index is 13.5. The number of ketones is 1. The lowest BCUT2D eigenvalue weighted by atomic mass is 10.0. The fraction of sp³-hybridized carbons (Fsp3) is 0.280. The second-order valence-corrected chi connectivity index (χ2v) is 8.79. The Morgan fingerprint density at radius 1 is 1.12 bits per heavy atom. The number of thioether (sulfide) groups is 1. The molecular formula is C25H26N2O6S. The Kier molecular flexibility index (Phi) is 8.25. The molecule has 1 heterocycles. The molecule has 0 aliphatic carbocycles. The predicted molar refractivity (Wildman–Crippen MR) is 133 cm³/mol. The topological polar surface area (TPSA) is 131 Å². The van der Waals surface area contributed by atoms with Crippen LogP contribution in [0.2, 0.25) is 0 Å². The summed E-state index contributed by atoms with van der Waals surface area (Å²) in [7, 11) is 0. The van der Waals surface area contributed by atoms with E-state index in [9.17, 15) is 19.2 Å². The Labute approximate surface area is 200 Å².